The third kappa shape index (κ3) is 4.95. The van der Waals surface area contributed by atoms with E-state index in [0.29, 0.717) is 22.0 Å². The lowest BCUT2D eigenvalue weighted by atomic mass is 10.0. The topological polar surface area (TPSA) is 117 Å². The van der Waals surface area contributed by atoms with Crippen molar-refractivity contribution >= 4 is 28.4 Å². The lowest BCUT2D eigenvalue weighted by molar-refractivity contribution is 0.0752. The fraction of sp³-hybridized carbons (Fsp3) is 0.227. The number of amides is 1. The van der Waals surface area contributed by atoms with Crippen molar-refractivity contribution in [3.8, 4) is 0 Å². The number of benzene rings is 2. The molecule has 34 heavy (non-hydrogen) atoms. The molecule has 8 nitrogen and oxygen atoms in total. The van der Waals surface area contributed by atoms with Crippen LogP contribution in [0, 0.1) is 16.6 Å². The Morgan fingerprint density at radius 3 is 2.50 bits per heavy atom. The summed E-state index contributed by atoms with van der Waals surface area (Å²) in [6.45, 7) is -0.904. The van der Waals surface area contributed by atoms with Gasteiger partial charge in [0.05, 0.1) is 23.2 Å². The van der Waals surface area contributed by atoms with E-state index in [-0.39, 0.29) is 48.8 Å². The molecular formula is C22H20F4N6O2. The van der Waals surface area contributed by atoms with Crippen LogP contribution in [0.2, 0.25) is 0 Å². The third-order valence-electron chi connectivity index (χ3n) is 5.41. The van der Waals surface area contributed by atoms with Gasteiger partial charge in [-0.05, 0) is 23.8 Å². The second-order valence-corrected chi connectivity index (χ2v) is 7.44. The molecule has 1 fully saturated rings. The quantitative estimate of drug-likeness (QED) is 0.305. The summed E-state index contributed by atoms with van der Waals surface area (Å²) >= 11 is 0. The monoisotopic (exact) mass is 476 g/mol. The van der Waals surface area contributed by atoms with Crippen molar-refractivity contribution in [2.75, 3.05) is 26.3 Å². The maximum absolute atomic E-state index is 14.5. The molecule has 1 aromatic heterocycles. The fourth-order valence-electron chi connectivity index (χ4n) is 3.76. The third-order valence-corrected chi connectivity index (χ3v) is 5.41. The van der Waals surface area contributed by atoms with Crippen molar-refractivity contribution < 1.29 is 22.7 Å². The van der Waals surface area contributed by atoms with Crippen molar-refractivity contribution in [1.29, 1.82) is 10.8 Å². The molecule has 0 radical (unpaired) electrons. The molecule has 12 heteroatoms. The molecule has 1 saturated heterocycles. The highest BCUT2D eigenvalue weighted by atomic mass is 20.0. The number of nitrogens with one attached hydrogen (secondary N) is 3. The first-order chi connectivity index (χ1) is 16.4. The molecule has 2 aromatic carbocycles. The normalized spacial score (nSPS) is 13.5. The van der Waals surface area contributed by atoms with Gasteiger partial charge >= 0.3 is 0 Å². The summed E-state index contributed by atoms with van der Waals surface area (Å²) in [5, 5.41) is 23.3. The Bertz CT molecular complexity index is 1300. The van der Waals surface area contributed by atoms with E-state index >= 15 is 0 Å². The van der Waals surface area contributed by atoms with Crippen molar-refractivity contribution in [1.82, 2.24) is 20.0 Å². The molecule has 0 saturated carbocycles. The molecule has 3 N–H and O–H groups in total. The SMILES string of the molecule is FF.N=C(CF)N1CCN(C(=O)c2cc(Cc3n[nH]c(=O)c4ccccc34)ccc2F)CC1=N. The van der Waals surface area contributed by atoms with Gasteiger partial charge in [-0.15, -0.1) is 0 Å². The first-order valence-electron chi connectivity index (χ1n) is 10.1. The van der Waals surface area contributed by atoms with Crippen molar-refractivity contribution in [2.45, 2.75) is 6.42 Å². The van der Waals surface area contributed by atoms with Gasteiger partial charge in [-0.1, -0.05) is 24.3 Å². The van der Waals surface area contributed by atoms with Crippen molar-refractivity contribution in [3.05, 3.63) is 75.5 Å². The van der Waals surface area contributed by atoms with Gasteiger partial charge < -0.3 is 9.80 Å². The molecule has 1 aliphatic rings. The van der Waals surface area contributed by atoms with Crippen LogP contribution in [0.5, 0.6) is 0 Å². The smallest absolute Gasteiger partial charge is 0.272 e. The predicted octanol–water partition coefficient (Wildman–Crippen LogP) is 3.18. The Hall–Kier alpha value is -4.09. The average Bonchev–Trinajstić information content (AvgIpc) is 2.87. The first kappa shape index (κ1) is 24.6. The number of amidine groups is 2. The second-order valence-electron chi connectivity index (χ2n) is 7.44. The zero-order chi connectivity index (χ0) is 24.8. The Morgan fingerprint density at radius 2 is 1.82 bits per heavy atom. The number of carbonyl (C=O) groups excluding carboxylic acids is 1. The van der Waals surface area contributed by atoms with Gasteiger partial charge in [0.25, 0.3) is 11.5 Å². The van der Waals surface area contributed by atoms with Crippen LogP contribution in [-0.2, 0) is 6.42 Å². The predicted molar refractivity (Wildman–Crippen MR) is 118 cm³/mol. The summed E-state index contributed by atoms with van der Waals surface area (Å²) in [6, 6.07) is 11.2. The van der Waals surface area contributed by atoms with E-state index in [1.165, 1.54) is 21.9 Å². The highest BCUT2D eigenvalue weighted by molar-refractivity contribution is 6.03. The van der Waals surface area contributed by atoms with Gasteiger partial charge in [-0.2, -0.15) is 5.10 Å². The molecule has 4 rings (SSSR count). The summed E-state index contributed by atoms with van der Waals surface area (Å²) < 4.78 is 43.3. The van der Waals surface area contributed by atoms with Gasteiger partial charge in [0.15, 0.2) is 0 Å². The number of H-pyrrole nitrogens is 1. The standard InChI is InChI=1S/C22H20F2N6O2.F2/c23-11-19(25)30-8-7-29(12-20(30)26)22(32)16-9-13(5-6-17(16)24)10-18-14-3-1-2-4-15(14)21(31)28-27-18;1-2/h1-6,9,25-26H,7-8,10-12H2,(H,28,31);. The number of hydrogen-bond acceptors (Lipinski definition) is 5. The first-order valence-corrected chi connectivity index (χ1v) is 10.1. The largest absolute Gasteiger partial charge is 0.329 e. The number of alkyl halides is 1. The Balaban J connectivity index is 0.00000158. The van der Waals surface area contributed by atoms with E-state index < -0.39 is 18.4 Å². The molecule has 0 aliphatic carbocycles. The van der Waals surface area contributed by atoms with Gasteiger partial charge in [0.1, 0.15) is 24.2 Å². The number of aromatic amines is 1. The molecule has 0 unspecified atom stereocenters. The average molecular weight is 476 g/mol. The second kappa shape index (κ2) is 10.7. The lowest BCUT2D eigenvalue weighted by Gasteiger charge is -2.35. The number of aromatic nitrogens is 2. The highest BCUT2D eigenvalue weighted by Crippen LogP contribution is 2.20. The van der Waals surface area contributed by atoms with E-state index in [0.717, 1.165) is 0 Å². The Labute approximate surface area is 190 Å². The summed E-state index contributed by atoms with van der Waals surface area (Å²) in [7, 11) is 0. The van der Waals surface area contributed by atoms with Crippen LogP contribution in [0.4, 0.5) is 17.9 Å². The minimum absolute atomic E-state index is 0.0901. The number of fused-ring (bicyclic) bond motifs is 1. The molecule has 1 aliphatic heterocycles. The van der Waals surface area contributed by atoms with Crippen LogP contribution in [0.1, 0.15) is 21.6 Å². The van der Waals surface area contributed by atoms with Crippen LogP contribution in [0.25, 0.3) is 10.8 Å². The number of rotatable bonds is 4. The lowest BCUT2D eigenvalue weighted by Crippen LogP contribution is -2.54. The summed E-state index contributed by atoms with van der Waals surface area (Å²) in [5.74, 6) is -1.70. The van der Waals surface area contributed by atoms with Gasteiger partial charge in [0.2, 0.25) is 0 Å². The molecule has 2 heterocycles. The summed E-state index contributed by atoms with van der Waals surface area (Å²) in [4.78, 5) is 27.4. The summed E-state index contributed by atoms with van der Waals surface area (Å²) in [5.41, 5.74) is 0.775. The number of hydrogen-bond donors (Lipinski definition) is 3. The summed E-state index contributed by atoms with van der Waals surface area (Å²) in [6.07, 6.45) is 0.273. The van der Waals surface area contributed by atoms with Crippen molar-refractivity contribution in [2.24, 2.45) is 0 Å². The van der Waals surface area contributed by atoms with Crippen molar-refractivity contribution in [3.63, 3.8) is 0 Å². The maximum Gasteiger partial charge on any atom is 0.272 e. The fourth-order valence-corrected chi connectivity index (χ4v) is 3.76. The minimum Gasteiger partial charge on any atom is -0.329 e. The number of carbonyl (C=O) groups is 1. The minimum atomic E-state index is -1.000. The number of halogens is 4. The van der Waals surface area contributed by atoms with Gasteiger partial charge in [-0.3, -0.25) is 20.4 Å². The molecule has 1 amide bonds. The Morgan fingerprint density at radius 1 is 1.12 bits per heavy atom. The van der Waals surface area contributed by atoms with E-state index in [2.05, 4.69) is 10.2 Å². The van der Waals surface area contributed by atoms with Crippen LogP contribution in [-0.4, -0.2) is 63.9 Å². The van der Waals surface area contributed by atoms with E-state index in [1.807, 2.05) is 0 Å². The molecule has 178 valence electrons. The van der Waals surface area contributed by atoms with Crippen LogP contribution in [0.15, 0.2) is 47.3 Å². The number of nitrogens with zero attached hydrogens (tertiary/aromatic N) is 3. The zero-order valence-corrected chi connectivity index (χ0v) is 17.7. The van der Waals surface area contributed by atoms with E-state index in [9.17, 15) is 18.4 Å². The molecular weight excluding hydrogens is 456 g/mol. The van der Waals surface area contributed by atoms with Crippen LogP contribution in [0.3, 0.4) is 0 Å². The van der Waals surface area contributed by atoms with Crippen LogP contribution >= 0.6 is 0 Å². The van der Waals surface area contributed by atoms with Gasteiger partial charge in [0, 0.05) is 34.0 Å². The highest BCUT2D eigenvalue weighted by Gasteiger charge is 2.29. The molecule has 0 spiro atoms. The molecule has 3 aromatic rings. The van der Waals surface area contributed by atoms with E-state index in [1.54, 1.807) is 30.3 Å². The Kier molecular flexibility index (Phi) is 7.71. The van der Waals surface area contributed by atoms with Gasteiger partial charge in [-0.25, -0.2) is 13.9 Å². The van der Waals surface area contributed by atoms with E-state index in [4.69, 9.17) is 20.0 Å². The van der Waals surface area contributed by atoms with Crippen LogP contribution < -0.4 is 5.56 Å². The molecule has 0 atom stereocenters. The molecule has 0 bridgehead atoms. The zero-order valence-electron chi connectivity index (χ0n) is 17.7. The maximum atomic E-state index is 14.5. The number of piperazine rings is 1.